The van der Waals surface area contributed by atoms with Crippen LogP contribution in [-0.2, 0) is 11.2 Å². The Morgan fingerprint density at radius 3 is 2.57 bits per heavy atom. The lowest BCUT2D eigenvalue weighted by Gasteiger charge is -2.44. The van der Waals surface area contributed by atoms with E-state index in [9.17, 15) is 9.18 Å². The Kier molecular flexibility index (Phi) is 7.14. The Balaban J connectivity index is 1.31. The topological polar surface area (TPSA) is 62.0 Å². The number of para-hydroxylation sites is 1. The second kappa shape index (κ2) is 10.4. The molecule has 2 fully saturated rings. The van der Waals surface area contributed by atoms with E-state index in [1.807, 2.05) is 12.1 Å². The number of ether oxygens (including phenoxy) is 1. The van der Waals surface area contributed by atoms with E-state index in [-0.39, 0.29) is 23.7 Å². The summed E-state index contributed by atoms with van der Waals surface area (Å²) >= 11 is 0. The zero-order valence-corrected chi connectivity index (χ0v) is 20.7. The first kappa shape index (κ1) is 23.9. The van der Waals surface area contributed by atoms with Gasteiger partial charge in [0.05, 0.1) is 30.2 Å². The van der Waals surface area contributed by atoms with Gasteiger partial charge in [-0.25, -0.2) is 4.39 Å². The number of piperazine rings is 1. The van der Waals surface area contributed by atoms with Crippen LogP contribution in [0.3, 0.4) is 0 Å². The fourth-order valence-corrected chi connectivity index (χ4v) is 6.13. The molecular weight excluding hydrogens is 443 g/mol. The molecule has 3 aliphatic rings. The number of nitrogens with zero attached hydrogens (tertiary/aromatic N) is 3. The van der Waals surface area contributed by atoms with E-state index in [1.54, 1.807) is 13.2 Å². The van der Waals surface area contributed by atoms with Crippen LogP contribution in [0.1, 0.15) is 44.1 Å². The molecule has 35 heavy (non-hydrogen) atoms. The molecule has 1 saturated carbocycles. The zero-order chi connectivity index (χ0) is 24.4. The molecule has 0 bridgehead atoms. The Morgan fingerprint density at radius 2 is 1.83 bits per heavy atom. The number of carbonyl (C=O) groups excluding carboxylic acids is 1. The van der Waals surface area contributed by atoms with E-state index in [0.29, 0.717) is 11.4 Å². The average molecular weight is 481 g/mol. The molecule has 1 amide bonds. The lowest BCUT2D eigenvalue weighted by atomic mass is 9.86. The molecule has 0 spiro atoms. The van der Waals surface area contributed by atoms with Crippen molar-refractivity contribution >= 4 is 23.0 Å². The molecule has 1 unspecified atom stereocenters. The van der Waals surface area contributed by atoms with Gasteiger partial charge in [-0.15, -0.1) is 0 Å². The van der Waals surface area contributed by atoms with Crippen molar-refractivity contribution in [2.24, 2.45) is 5.92 Å². The number of nitrogens with two attached hydrogens (primary N) is 1. The van der Waals surface area contributed by atoms with Gasteiger partial charge in [-0.05, 0) is 49.4 Å². The Hall–Kier alpha value is -2.80. The summed E-state index contributed by atoms with van der Waals surface area (Å²) in [5, 5.41) is 0. The Morgan fingerprint density at radius 1 is 1.06 bits per heavy atom. The van der Waals surface area contributed by atoms with Crippen molar-refractivity contribution in [3.63, 3.8) is 0 Å². The Labute approximate surface area is 207 Å². The van der Waals surface area contributed by atoms with Crippen LogP contribution < -0.4 is 20.3 Å². The van der Waals surface area contributed by atoms with Crippen molar-refractivity contribution < 1.29 is 13.9 Å². The summed E-state index contributed by atoms with van der Waals surface area (Å²) in [6, 6.07) is 10.9. The van der Waals surface area contributed by atoms with Crippen LogP contribution in [0, 0.1) is 11.7 Å². The number of halogens is 1. The molecule has 2 aromatic rings. The number of anilines is 3. The third kappa shape index (κ3) is 4.96. The summed E-state index contributed by atoms with van der Waals surface area (Å²) in [5.41, 5.74) is 10.3. The highest BCUT2D eigenvalue weighted by molar-refractivity contribution is 6.00. The first-order valence-electron chi connectivity index (χ1n) is 13.1. The van der Waals surface area contributed by atoms with Crippen LogP contribution in [-0.4, -0.2) is 56.7 Å². The smallest absolute Gasteiger partial charge is 0.230 e. The molecular formula is C28H37FN4O2. The van der Waals surface area contributed by atoms with Gasteiger partial charge in [-0.1, -0.05) is 31.4 Å². The van der Waals surface area contributed by atoms with E-state index in [1.165, 1.54) is 24.1 Å². The number of amides is 1. The first-order chi connectivity index (χ1) is 17.0. The number of hydrogen-bond acceptors (Lipinski definition) is 5. The van der Waals surface area contributed by atoms with Gasteiger partial charge in [0.2, 0.25) is 5.91 Å². The summed E-state index contributed by atoms with van der Waals surface area (Å²) < 4.78 is 19.1. The van der Waals surface area contributed by atoms with Crippen molar-refractivity contribution in [3.05, 3.63) is 47.8 Å². The normalized spacial score (nSPS) is 21.6. The Bertz CT molecular complexity index is 1050. The molecule has 0 radical (unpaired) electrons. The third-order valence-corrected chi connectivity index (χ3v) is 8.02. The van der Waals surface area contributed by atoms with Crippen LogP contribution in [0.25, 0.3) is 0 Å². The van der Waals surface area contributed by atoms with Gasteiger partial charge in [0.15, 0.2) is 0 Å². The van der Waals surface area contributed by atoms with Gasteiger partial charge in [0.1, 0.15) is 11.6 Å². The quantitative estimate of drug-likeness (QED) is 0.640. The number of aryl methyl sites for hydroxylation is 1. The van der Waals surface area contributed by atoms with Crippen molar-refractivity contribution in [2.75, 3.05) is 55.4 Å². The number of fused-ring (bicyclic) bond motifs is 1. The minimum Gasteiger partial charge on any atom is -0.494 e. The standard InChI is InChI=1S/C28H37FN4O2/c1-35-26-18-22(29)11-13-25(26)32-16-14-31(15-17-32)19-23-12-10-20-8-5-9-24(30)27(20)33(23)28(34)21-6-3-2-4-7-21/h5,8-9,11,13,18,21,23H,2-4,6-7,10,12,14-17,19,30H2,1H3. The number of benzene rings is 2. The monoisotopic (exact) mass is 480 g/mol. The molecule has 5 rings (SSSR count). The summed E-state index contributed by atoms with van der Waals surface area (Å²) in [6.07, 6.45) is 7.40. The first-order valence-corrected chi connectivity index (χ1v) is 13.1. The van der Waals surface area contributed by atoms with Crippen molar-refractivity contribution in [1.82, 2.24) is 4.90 Å². The maximum atomic E-state index is 13.9. The fourth-order valence-electron chi connectivity index (χ4n) is 6.13. The van der Waals surface area contributed by atoms with Gasteiger partial charge in [-0.2, -0.15) is 0 Å². The van der Waals surface area contributed by atoms with Gasteiger partial charge >= 0.3 is 0 Å². The van der Waals surface area contributed by atoms with Crippen LogP contribution in [0.2, 0.25) is 0 Å². The fraction of sp³-hybridized carbons (Fsp3) is 0.536. The number of methoxy groups -OCH3 is 1. The van der Waals surface area contributed by atoms with Crippen LogP contribution in [0.5, 0.6) is 5.75 Å². The highest BCUT2D eigenvalue weighted by atomic mass is 19.1. The largest absolute Gasteiger partial charge is 0.494 e. The molecule has 1 aliphatic carbocycles. The molecule has 7 heteroatoms. The van der Waals surface area contributed by atoms with Crippen LogP contribution in [0.15, 0.2) is 36.4 Å². The highest BCUT2D eigenvalue weighted by Crippen LogP contribution is 2.39. The molecule has 2 aromatic carbocycles. The number of carbonyl (C=O) groups is 1. The maximum Gasteiger partial charge on any atom is 0.230 e. The van der Waals surface area contributed by atoms with Gasteiger partial charge in [0, 0.05) is 44.7 Å². The summed E-state index contributed by atoms with van der Waals surface area (Å²) in [5.74, 6) is 0.661. The van der Waals surface area contributed by atoms with Gasteiger partial charge < -0.3 is 20.3 Å². The third-order valence-electron chi connectivity index (χ3n) is 8.02. The van der Waals surface area contributed by atoms with Crippen LogP contribution in [0.4, 0.5) is 21.5 Å². The number of hydrogen-bond donors (Lipinski definition) is 1. The number of rotatable bonds is 5. The van der Waals surface area contributed by atoms with Gasteiger partial charge in [0.25, 0.3) is 0 Å². The summed E-state index contributed by atoms with van der Waals surface area (Å²) in [4.78, 5) is 20.7. The average Bonchev–Trinajstić information content (AvgIpc) is 2.89. The molecule has 1 saturated heterocycles. The van der Waals surface area contributed by atoms with E-state index < -0.39 is 0 Å². The summed E-state index contributed by atoms with van der Waals surface area (Å²) in [6.45, 7) is 4.30. The summed E-state index contributed by atoms with van der Waals surface area (Å²) in [7, 11) is 1.58. The van der Waals surface area contributed by atoms with Crippen LogP contribution >= 0.6 is 0 Å². The van der Waals surface area contributed by atoms with E-state index in [0.717, 1.165) is 82.6 Å². The minimum atomic E-state index is -0.288. The second-order valence-electron chi connectivity index (χ2n) is 10.2. The molecule has 2 aliphatic heterocycles. The predicted octanol–water partition coefficient (Wildman–Crippen LogP) is 4.47. The minimum absolute atomic E-state index is 0.111. The molecule has 188 valence electrons. The zero-order valence-electron chi connectivity index (χ0n) is 20.7. The van der Waals surface area contributed by atoms with E-state index in [2.05, 4.69) is 20.8 Å². The van der Waals surface area contributed by atoms with E-state index >= 15 is 0 Å². The van der Waals surface area contributed by atoms with Gasteiger partial charge in [-0.3, -0.25) is 9.69 Å². The highest BCUT2D eigenvalue weighted by Gasteiger charge is 2.37. The molecule has 1 atom stereocenters. The lowest BCUT2D eigenvalue weighted by Crippen LogP contribution is -2.55. The maximum absolute atomic E-state index is 13.9. The molecule has 2 heterocycles. The molecule has 6 nitrogen and oxygen atoms in total. The van der Waals surface area contributed by atoms with E-state index in [4.69, 9.17) is 10.5 Å². The molecule has 2 N–H and O–H groups in total. The number of nitrogen functional groups attached to an aromatic ring is 1. The van der Waals surface area contributed by atoms with Crippen molar-refractivity contribution in [1.29, 1.82) is 0 Å². The van der Waals surface area contributed by atoms with Crippen molar-refractivity contribution in [2.45, 2.75) is 51.0 Å². The van der Waals surface area contributed by atoms with Crippen molar-refractivity contribution in [3.8, 4) is 5.75 Å². The SMILES string of the molecule is COc1cc(F)ccc1N1CCN(CC2CCc3cccc(N)c3N2C(=O)C2CCCCC2)CC1. The lowest BCUT2D eigenvalue weighted by molar-refractivity contribution is -0.124. The molecule has 0 aromatic heterocycles. The predicted molar refractivity (Wildman–Crippen MR) is 139 cm³/mol. The second-order valence-corrected chi connectivity index (χ2v) is 10.2.